The number of aromatic nitrogens is 2. The number of anilines is 1. The van der Waals surface area contributed by atoms with Crippen LogP contribution in [0.15, 0.2) is 35.2 Å². The van der Waals surface area contributed by atoms with E-state index in [1.54, 1.807) is 12.1 Å². The van der Waals surface area contributed by atoms with Crippen molar-refractivity contribution < 1.29 is 9.32 Å². The van der Waals surface area contributed by atoms with E-state index >= 15 is 0 Å². The largest absolute Gasteiger partial charge is 0.360 e. The molecule has 0 unspecified atom stereocenters. The molecule has 0 aliphatic heterocycles. The molecule has 2 aromatic heterocycles. The number of nitrogens with zero attached hydrogens (tertiary/aromatic N) is 2. The standard InChI is InChI=1S/C10H11N5O2/c11-15-9-6-12-3-2-8(9)10(16)13-5-7-1-4-14-17-7/h1-4,6,15H,5,11H2,(H,13,16). The molecular weight excluding hydrogens is 222 g/mol. The lowest BCUT2D eigenvalue weighted by atomic mass is 10.2. The summed E-state index contributed by atoms with van der Waals surface area (Å²) in [6, 6.07) is 3.25. The number of rotatable bonds is 4. The van der Waals surface area contributed by atoms with E-state index in [2.05, 4.69) is 20.9 Å². The first-order chi connectivity index (χ1) is 8.31. The van der Waals surface area contributed by atoms with Gasteiger partial charge in [-0.15, -0.1) is 0 Å². The molecule has 88 valence electrons. The normalized spacial score (nSPS) is 9.94. The molecule has 0 atom stereocenters. The van der Waals surface area contributed by atoms with E-state index < -0.39 is 0 Å². The predicted octanol–water partition coefficient (Wildman–Crippen LogP) is 0.285. The minimum absolute atomic E-state index is 0.267. The number of hydrogen-bond donors (Lipinski definition) is 3. The van der Waals surface area contributed by atoms with Crippen LogP contribution in [0.4, 0.5) is 5.69 Å². The fourth-order valence-corrected chi connectivity index (χ4v) is 1.30. The highest BCUT2D eigenvalue weighted by Crippen LogP contribution is 2.11. The number of carbonyl (C=O) groups excluding carboxylic acids is 1. The minimum atomic E-state index is -0.267. The van der Waals surface area contributed by atoms with E-state index in [-0.39, 0.29) is 12.5 Å². The molecule has 0 aliphatic carbocycles. The fraction of sp³-hybridized carbons (Fsp3) is 0.100. The Hall–Kier alpha value is -2.41. The van der Waals surface area contributed by atoms with Gasteiger partial charge in [0.25, 0.3) is 5.91 Å². The number of nitrogens with two attached hydrogens (primary N) is 1. The van der Waals surface area contributed by atoms with Crippen molar-refractivity contribution in [3.63, 3.8) is 0 Å². The van der Waals surface area contributed by atoms with Crippen molar-refractivity contribution in [2.24, 2.45) is 5.84 Å². The van der Waals surface area contributed by atoms with Crippen molar-refractivity contribution >= 4 is 11.6 Å². The van der Waals surface area contributed by atoms with Gasteiger partial charge in [0.15, 0.2) is 5.76 Å². The number of carbonyl (C=O) groups is 1. The molecule has 7 nitrogen and oxygen atoms in total. The van der Waals surface area contributed by atoms with Crippen LogP contribution in [0.1, 0.15) is 16.1 Å². The molecule has 2 heterocycles. The third-order valence-electron chi connectivity index (χ3n) is 2.14. The molecule has 0 radical (unpaired) electrons. The summed E-state index contributed by atoms with van der Waals surface area (Å²) in [4.78, 5) is 15.7. The summed E-state index contributed by atoms with van der Waals surface area (Å²) in [5.74, 6) is 5.59. The Morgan fingerprint density at radius 1 is 1.41 bits per heavy atom. The van der Waals surface area contributed by atoms with Crippen LogP contribution in [0.25, 0.3) is 0 Å². The van der Waals surface area contributed by atoms with Gasteiger partial charge < -0.3 is 15.3 Å². The SMILES string of the molecule is NNc1cnccc1C(=O)NCc1ccno1. The highest BCUT2D eigenvalue weighted by atomic mass is 16.5. The van der Waals surface area contributed by atoms with Gasteiger partial charge in [-0.25, -0.2) is 0 Å². The monoisotopic (exact) mass is 233 g/mol. The van der Waals surface area contributed by atoms with Gasteiger partial charge in [0.1, 0.15) is 0 Å². The summed E-state index contributed by atoms with van der Waals surface area (Å²) >= 11 is 0. The first-order valence-electron chi connectivity index (χ1n) is 4.89. The van der Waals surface area contributed by atoms with Crippen molar-refractivity contribution in [1.82, 2.24) is 15.5 Å². The Bertz CT molecular complexity index is 497. The highest BCUT2D eigenvalue weighted by Gasteiger charge is 2.10. The number of pyridine rings is 1. The van der Waals surface area contributed by atoms with Crippen molar-refractivity contribution in [3.05, 3.63) is 42.0 Å². The molecule has 2 rings (SSSR count). The number of nitrogen functional groups attached to an aromatic ring is 1. The maximum atomic E-state index is 11.8. The molecule has 0 aliphatic rings. The molecule has 0 saturated carbocycles. The Kier molecular flexibility index (Phi) is 3.31. The zero-order valence-electron chi connectivity index (χ0n) is 8.88. The second kappa shape index (κ2) is 5.08. The zero-order chi connectivity index (χ0) is 12.1. The van der Waals surface area contributed by atoms with E-state index in [1.807, 2.05) is 0 Å². The average Bonchev–Trinajstić information content (AvgIpc) is 2.89. The summed E-state index contributed by atoms with van der Waals surface area (Å²) < 4.78 is 4.86. The minimum Gasteiger partial charge on any atom is -0.360 e. The summed E-state index contributed by atoms with van der Waals surface area (Å²) in [7, 11) is 0. The third-order valence-corrected chi connectivity index (χ3v) is 2.14. The van der Waals surface area contributed by atoms with Crippen molar-refractivity contribution in [1.29, 1.82) is 0 Å². The topological polar surface area (TPSA) is 106 Å². The quantitative estimate of drug-likeness (QED) is 0.517. The van der Waals surface area contributed by atoms with Crippen LogP contribution in [0.5, 0.6) is 0 Å². The lowest BCUT2D eigenvalue weighted by molar-refractivity contribution is 0.0947. The van der Waals surface area contributed by atoms with Gasteiger partial charge in [-0.05, 0) is 6.07 Å². The van der Waals surface area contributed by atoms with Crippen LogP contribution in [0.3, 0.4) is 0 Å². The van der Waals surface area contributed by atoms with Crippen LogP contribution in [0.2, 0.25) is 0 Å². The number of amides is 1. The van der Waals surface area contributed by atoms with Gasteiger partial charge in [0.05, 0.1) is 30.2 Å². The fourth-order valence-electron chi connectivity index (χ4n) is 1.30. The predicted molar refractivity (Wildman–Crippen MR) is 59.7 cm³/mol. The van der Waals surface area contributed by atoms with Gasteiger partial charge in [0.2, 0.25) is 0 Å². The van der Waals surface area contributed by atoms with Gasteiger partial charge >= 0.3 is 0 Å². The van der Waals surface area contributed by atoms with Crippen LogP contribution in [0, 0.1) is 0 Å². The summed E-state index contributed by atoms with van der Waals surface area (Å²) in [6.45, 7) is 0.269. The number of hydrogen-bond acceptors (Lipinski definition) is 6. The molecule has 0 fully saturated rings. The summed E-state index contributed by atoms with van der Waals surface area (Å²) in [6.07, 6.45) is 4.51. The summed E-state index contributed by atoms with van der Waals surface area (Å²) in [5.41, 5.74) is 3.29. The van der Waals surface area contributed by atoms with Gasteiger partial charge in [-0.2, -0.15) is 0 Å². The van der Waals surface area contributed by atoms with Crippen molar-refractivity contribution in [2.45, 2.75) is 6.54 Å². The molecule has 0 aromatic carbocycles. The van der Waals surface area contributed by atoms with Crippen LogP contribution in [-0.4, -0.2) is 16.0 Å². The molecule has 0 saturated heterocycles. The lowest BCUT2D eigenvalue weighted by Gasteiger charge is -2.07. The van der Waals surface area contributed by atoms with E-state index in [9.17, 15) is 4.79 Å². The number of nitrogens with one attached hydrogen (secondary N) is 2. The molecular formula is C10H11N5O2. The first-order valence-corrected chi connectivity index (χ1v) is 4.89. The Morgan fingerprint density at radius 2 is 2.29 bits per heavy atom. The zero-order valence-corrected chi connectivity index (χ0v) is 8.88. The molecule has 0 spiro atoms. The maximum absolute atomic E-state index is 11.8. The highest BCUT2D eigenvalue weighted by molar-refractivity contribution is 5.99. The van der Waals surface area contributed by atoms with E-state index in [0.717, 1.165) is 0 Å². The molecule has 0 bridgehead atoms. The second-order valence-electron chi connectivity index (χ2n) is 3.23. The smallest absolute Gasteiger partial charge is 0.253 e. The lowest BCUT2D eigenvalue weighted by Crippen LogP contribution is -2.24. The Balaban J connectivity index is 2.04. The molecule has 2 aromatic rings. The van der Waals surface area contributed by atoms with Crippen molar-refractivity contribution in [3.8, 4) is 0 Å². The van der Waals surface area contributed by atoms with E-state index in [1.165, 1.54) is 18.6 Å². The van der Waals surface area contributed by atoms with Crippen LogP contribution < -0.4 is 16.6 Å². The number of hydrazine groups is 1. The van der Waals surface area contributed by atoms with Gasteiger partial charge in [-0.3, -0.25) is 15.6 Å². The van der Waals surface area contributed by atoms with Crippen LogP contribution in [-0.2, 0) is 6.54 Å². The van der Waals surface area contributed by atoms with Gasteiger partial charge in [0, 0.05) is 12.3 Å². The van der Waals surface area contributed by atoms with Crippen molar-refractivity contribution in [2.75, 3.05) is 5.43 Å². The molecule has 4 N–H and O–H groups in total. The van der Waals surface area contributed by atoms with Crippen LogP contribution >= 0.6 is 0 Å². The Morgan fingerprint density at radius 3 is 3.00 bits per heavy atom. The molecule has 1 amide bonds. The third kappa shape index (κ3) is 2.58. The molecule has 7 heteroatoms. The summed E-state index contributed by atoms with van der Waals surface area (Å²) in [5, 5.41) is 6.22. The van der Waals surface area contributed by atoms with E-state index in [4.69, 9.17) is 10.4 Å². The maximum Gasteiger partial charge on any atom is 0.253 e. The molecule has 17 heavy (non-hydrogen) atoms. The first kappa shape index (κ1) is 11.1. The average molecular weight is 233 g/mol. The second-order valence-corrected chi connectivity index (χ2v) is 3.23. The van der Waals surface area contributed by atoms with Gasteiger partial charge in [-0.1, -0.05) is 5.16 Å². The van der Waals surface area contributed by atoms with E-state index in [0.29, 0.717) is 17.0 Å². The Labute approximate surface area is 97.0 Å².